The molecule has 0 saturated heterocycles. The van der Waals surface area contributed by atoms with Crippen LogP contribution in [0.4, 0.5) is 0 Å². The molecule has 0 aliphatic heterocycles. The molecule has 7 nitrogen and oxygen atoms in total. The number of aryl methyl sites for hydroxylation is 1. The maximum Gasteiger partial charge on any atom is 0.221 e. The van der Waals surface area contributed by atoms with Crippen molar-refractivity contribution in [2.45, 2.75) is 26.8 Å². The van der Waals surface area contributed by atoms with Crippen LogP contribution in [0.1, 0.15) is 17.8 Å². The molecule has 0 atom stereocenters. The number of nitrogens with one attached hydrogen (secondary N) is 2. The molecule has 19 heavy (non-hydrogen) atoms. The molecular weight excluding hydrogens is 268 g/mol. The Morgan fingerprint density at radius 2 is 2.05 bits per heavy atom. The molecule has 1 rings (SSSR count). The van der Waals surface area contributed by atoms with Crippen LogP contribution in [0.25, 0.3) is 0 Å². The molecule has 1 aromatic rings. The molecule has 2 N–H and O–H groups in total. The number of rotatable bonds is 7. The van der Waals surface area contributed by atoms with Gasteiger partial charge in [-0.15, -0.1) is 0 Å². The minimum atomic E-state index is -3.23. The topological polar surface area (TPSA) is 93.1 Å². The average Bonchev–Trinajstić information content (AvgIpc) is 2.59. The first-order chi connectivity index (χ1) is 8.79. The lowest BCUT2D eigenvalue weighted by atomic mass is 10.3. The highest BCUT2D eigenvalue weighted by Crippen LogP contribution is 2.02. The Kier molecular flexibility index (Phi) is 5.49. The van der Waals surface area contributed by atoms with Gasteiger partial charge in [0, 0.05) is 31.7 Å². The van der Waals surface area contributed by atoms with Crippen LogP contribution in [0.15, 0.2) is 6.33 Å². The molecule has 0 bridgehead atoms. The van der Waals surface area contributed by atoms with E-state index in [0.29, 0.717) is 13.1 Å². The number of hydrogen-bond donors (Lipinski definition) is 2. The first kappa shape index (κ1) is 15.6. The second kappa shape index (κ2) is 6.67. The van der Waals surface area contributed by atoms with E-state index in [1.165, 1.54) is 0 Å². The van der Waals surface area contributed by atoms with Gasteiger partial charge in [0.1, 0.15) is 0 Å². The number of amides is 1. The minimum absolute atomic E-state index is 0.119. The van der Waals surface area contributed by atoms with Gasteiger partial charge in [-0.3, -0.25) is 4.79 Å². The van der Waals surface area contributed by atoms with Gasteiger partial charge in [-0.1, -0.05) is 0 Å². The van der Waals surface area contributed by atoms with Crippen molar-refractivity contribution in [3.63, 3.8) is 0 Å². The molecular formula is C11H20N4O3S. The predicted molar refractivity (Wildman–Crippen MR) is 72.2 cm³/mol. The van der Waals surface area contributed by atoms with E-state index in [2.05, 4.69) is 15.0 Å². The summed E-state index contributed by atoms with van der Waals surface area (Å²) in [7, 11) is -3.23. The van der Waals surface area contributed by atoms with E-state index in [9.17, 15) is 13.2 Å². The molecule has 108 valence electrons. The average molecular weight is 288 g/mol. The van der Waals surface area contributed by atoms with E-state index in [-0.39, 0.29) is 18.9 Å². The molecule has 0 saturated carbocycles. The fraction of sp³-hybridized carbons (Fsp3) is 0.636. The van der Waals surface area contributed by atoms with Gasteiger partial charge in [-0.2, -0.15) is 0 Å². The SMILES string of the molecule is Cc1ncn(CCNC(=O)CCNS(C)(=O)=O)c1C. The van der Waals surface area contributed by atoms with Crippen molar-refractivity contribution in [1.82, 2.24) is 19.6 Å². The molecule has 1 heterocycles. The lowest BCUT2D eigenvalue weighted by Gasteiger charge is -2.07. The molecule has 8 heteroatoms. The van der Waals surface area contributed by atoms with E-state index in [1.54, 1.807) is 6.33 Å². The molecule has 0 fully saturated rings. The fourth-order valence-electron chi connectivity index (χ4n) is 1.52. The third-order valence-corrected chi connectivity index (χ3v) is 3.46. The van der Waals surface area contributed by atoms with Crippen molar-refractivity contribution in [3.05, 3.63) is 17.7 Å². The summed E-state index contributed by atoms with van der Waals surface area (Å²) in [6.07, 6.45) is 2.94. The maximum absolute atomic E-state index is 11.4. The van der Waals surface area contributed by atoms with Crippen molar-refractivity contribution in [1.29, 1.82) is 0 Å². The van der Waals surface area contributed by atoms with Crippen LogP contribution >= 0.6 is 0 Å². The van der Waals surface area contributed by atoms with Gasteiger partial charge in [-0.25, -0.2) is 18.1 Å². The number of nitrogens with zero attached hydrogens (tertiary/aromatic N) is 2. The Balaban J connectivity index is 2.22. The Hall–Kier alpha value is -1.41. The summed E-state index contributed by atoms with van der Waals surface area (Å²) >= 11 is 0. The van der Waals surface area contributed by atoms with Crippen molar-refractivity contribution >= 4 is 15.9 Å². The number of hydrogen-bond acceptors (Lipinski definition) is 4. The Labute approximate surface area is 113 Å². The summed E-state index contributed by atoms with van der Waals surface area (Å²) in [5, 5.41) is 2.73. The van der Waals surface area contributed by atoms with Gasteiger partial charge < -0.3 is 9.88 Å². The zero-order valence-electron chi connectivity index (χ0n) is 11.4. The van der Waals surface area contributed by atoms with Gasteiger partial charge in [0.15, 0.2) is 0 Å². The molecule has 0 aliphatic rings. The first-order valence-corrected chi connectivity index (χ1v) is 7.88. The third kappa shape index (κ3) is 5.84. The van der Waals surface area contributed by atoms with Gasteiger partial charge >= 0.3 is 0 Å². The van der Waals surface area contributed by atoms with Crippen LogP contribution in [-0.2, 0) is 21.4 Å². The zero-order chi connectivity index (χ0) is 14.5. The van der Waals surface area contributed by atoms with Crippen molar-refractivity contribution < 1.29 is 13.2 Å². The van der Waals surface area contributed by atoms with Crippen LogP contribution in [0.3, 0.4) is 0 Å². The number of carbonyl (C=O) groups excluding carboxylic acids is 1. The first-order valence-electron chi connectivity index (χ1n) is 5.99. The summed E-state index contributed by atoms with van der Waals surface area (Å²) in [5.41, 5.74) is 2.05. The van der Waals surface area contributed by atoms with Gasteiger partial charge in [0.25, 0.3) is 0 Å². The van der Waals surface area contributed by atoms with Crippen molar-refractivity contribution in [3.8, 4) is 0 Å². The van der Waals surface area contributed by atoms with Crippen LogP contribution < -0.4 is 10.0 Å². The summed E-state index contributed by atoms with van der Waals surface area (Å²) in [5.74, 6) is -0.175. The highest BCUT2D eigenvalue weighted by Gasteiger charge is 2.05. The maximum atomic E-state index is 11.4. The zero-order valence-corrected chi connectivity index (χ0v) is 12.2. The monoisotopic (exact) mass is 288 g/mol. The Bertz CT molecular complexity index is 536. The lowest BCUT2D eigenvalue weighted by molar-refractivity contribution is -0.120. The molecule has 0 aromatic carbocycles. The largest absolute Gasteiger partial charge is 0.354 e. The summed E-state index contributed by atoms with van der Waals surface area (Å²) < 4.78 is 25.8. The smallest absolute Gasteiger partial charge is 0.221 e. The number of aromatic nitrogens is 2. The number of sulfonamides is 1. The minimum Gasteiger partial charge on any atom is -0.354 e. The second-order valence-corrected chi connectivity index (χ2v) is 6.21. The van der Waals surface area contributed by atoms with Crippen molar-refractivity contribution in [2.75, 3.05) is 19.3 Å². The van der Waals surface area contributed by atoms with Gasteiger partial charge in [0.2, 0.25) is 15.9 Å². The molecule has 1 aromatic heterocycles. The van der Waals surface area contributed by atoms with Crippen LogP contribution in [0.5, 0.6) is 0 Å². The quantitative estimate of drug-likeness (QED) is 0.711. The van der Waals surface area contributed by atoms with Crippen LogP contribution in [-0.4, -0.2) is 43.2 Å². The third-order valence-electron chi connectivity index (χ3n) is 2.74. The van der Waals surface area contributed by atoms with Gasteiger partial charge in [0.05, 0.1) is 18.3 Å². The highest BCUT2D eigenvalue weighted by atomic mass is 32.2. The van der Waals surface area contributed by atoms with E-state index in [0.717, 1.165) is 17.6 Å². The predicted octanol–water partition coefficient (Wildman–Crippen LogP) is -0.445. The highest BCUT2D eigenvalue weighted by molar-refractivity contribution is 7.88. The second-order valence-electron chi connectivity index (χ2n) is 4.38. The normalized spacial score (nSPS) is 11.5. The van der Waals surface area contributed by atoms with Crippen LogP contribution in [0, 0.1) is 13.8 Å². The molecule has 0 aliphatic carbocycles. The molecule has 0 spiro atoms. The molecule has 0 unspecified atom stereocenters. The molecule has 0 radical (unpaired) electrons. The van der Waals surface area contributed by atoms with E-state index in [4.69, 9.17) is 0 Å². The Morgan fingerprint density at radius 1 is 1.37 bits per heavy atom. The summed E-state index contributed by atoms with van der Waals surface area (Å²) in [6.45, 7) is 5.17. The standard InChI is InChI=1S/C11H20N4O3S/c1-9-10(2)15(8-13-9)7-6-12-11(16)4-5-14-19(3,17)18/h8,14H,4-7H2,1-3H3,(H,12,16). The lowest BCUT2D eigenvalue weighted by Crippen LogP contribution is -2.31. The van der Waals surface area contributed by atoms with E-state index >= 15 is 0 Å². The van der Waals surface area contributed by atoms with E-state index < -0.39 is 10.0 Å². The van der Waals surface area contributed by atoms with Gasteiger partial charge in [-0.05, 0) is 13.8 Å². The number of imidazole rings is 1. The molecule has 1 amide bonds. The van der Waals surface area contributed by atoms with E-state index in [1.807, 2.05) is 18.4 Å². The summed E-state index contributed by atoms with van der Waals surface area (Å²) in [6, 6.07) is 0. The van der Waals surface area contributed by atoms with Crippen molar-refractivity contribution in [2.24, 2.45) is 0 Å². The fourth-order valence-corrected chi connectivity index (χ4v) is 2.00. The number of carbonyl (C=O) groups is 1. The van der Waals surface area contributed by atoms with Crippen LogP contribution in [0.2, 0.25) is 0 Å². The summed E-state index contributed by atoms with van der Waals surface area (Å²) in [4.78, 5) is 15.6. The Morgan fingerprint density at radius 3 is 2.58 bits per heavy atom.